The number of rotatable bonds is 4. The maximum Gasteiger partial charge on any atom is 0.324 e. The number of carbonyl (C=O) groups excluding carboxylic acids is 1. The Morgan fingerprint density at radius 2 is 1.97 bits per heavy atom. The molecule has 2 amide bonds. The Labute approximate surface area is 182 Å². The minimum absolute atomic E-state index is 0.106. The molecule has 0 aliphatic carbocycles. The largest absolute Gasteiger partial charge is 0.497 e. The second-order valence-corrected chi connectivity index (χ2v) is 10.3. The fourth-order valence-corrected chi connectivity index (χ4v) is 5.86. The highest BCUT2D eigenvalue weighted by molar-refractivity contribution is 7.99. The molecule has 0 fully saturated rings. The Bertz CT molecular complexity index is 1160. The van der Waals surface area contributed by atoms with Gasteiger partial charge < -0.3 is 9.64 Å². The molecule has 30 heavy (non-hydrogen) atoms. The summed E-state index contributed by atoms with van der Waals surface area (Å²) in [5.41, 5.74) is 0.609. The summed E-state index contributed by atoms with van der Waals surface area (Å²) in [5, 5.41) is 3.60. The molecule has 1 N–H and O–H groups in total. The molecular formula is C19H18N4O4S3. The number of anilines is 1. The maximum absolute atomic E-state index is 12.7. The summed E-state index contributed by atoms with van der Waals surface area (Å²) in [5.74, 6) is 0.645. The summed E-state index contributed by atoms with van der Waals surface area (Å²) < 4.78 is 34.3. The van der Waals surface area contributed by atoms with E-state index in [2.05, 4.69) is 14.7 Å². The van der Waals surface area contributed by atoms with Crippen LogP contribution in [-0.2, 0) is 16.4 Å². The van der Waals surface area contributed by atoms with Crippen LogP contribution in [0, 0.1) is 0 Å². The first-order valence-corrected chi connectivity index (χ1v) is 12.2. The van der Waals surface area contributed by atoms with Crippen LogP contribution in [-0.4, -0.2) is 48.1 Å². The van der Waals surface area contributed by atoms with Gasteiger partial charge in [-0.25, -0.2) is 13.2 Å². The van der Waals surface area contributed by atoms with Crippen LogP contribution in [0.3, 0.4) is 0 Å². The van der Waals surface area contributed by atoms with Gasteiger partial charge in [-0.3, -0.25) is 5.32 Å². The van der Waals surface area contributed by atoms with E-state index >= 15 is 0 Å². The molecule has 1 aromatic heterocycles. The van der Waals surface area contributed by atoms with Crippen molar-refractivity contribution in [3.63, 3.8) is 0 Å². The molecule has 8 nitrogen and oxygen atoms in total. The van der Waals surface area contributed by atoms with Crippen LogP contribution in [0.25, 0.3) is 0 Å². The minimum Gasteiger partial charge on any atom is -0.497 e. The molecule has 4 rings (SSSR count). The third-order valence-electron chi connectivity index (χ3n) is 4.48. The number of ether oxygens (including phenoxy) is 1. The number of fused-ring (bicyclic) bond motifs is 1. The van der Waals surface area contributed by atoms with E-state index in [-0.39, 0.29) is 23.7 Å². The average molecular weight is 463 g/mol. The summed E-state index contributed by atoms with van der Waals surface area (Å²) in [7, 11) is -1.80. The summed E-state index contributed by atoms with van der Waals surface area (Å²) in [4.78, 5) is 19.8. The predicted octanol–water partition coefficient (Wildman–Crippen LogP) is 3.52. The first-order chi connectivity index (χ1) is 14.4. The molecule has 11 heteroatoms. The van der Waals surface area contributed by atoms with Crippen LogP contribution < -0.4 is 10.1 Å². The number of sulfone groups is 1. The van der Waals surface area contributed by atoms with Crippen molar-refractivity contribution in [3.05, 3.63) is 54.1 Å². The fourth-order valence-electron chi connectivity index (χ4n) is 2.96. The van der Waals surface area contributed by atoms with Crippen molar-refractivity contribution in [2.24, 2.45) is 0 Å². The lowest BCUT2D eigenvalue weighted by atomic mass is 10.2. The second kappa shape index (κ2) is 8.62. The van der Waals surface area contributed by atoms with Crippen molar-refractivity contribution in [1.29, 1.82) is 0 Å². The SMILES string of the molecule is COc1ccc(Sc2nsc(NC(=O)N3CCS(=O)(=O)c4ccccc4C3)n2)cc1. The van der Waals surface area contributed by atoms with Gasteiger partial charge in [-0.15, -0.1) is 0 Å². The molecule has 2 heterocycles. The van der Waals surface area contributed by atoms with E-state index in [1.165, 1.54) is 16.7 Å². The van der Waals surface area contributed by atoms with E-state index < -0.39 is 15.9 Å². The standard InChI is InChI=1S/C19H18N4O4S3/c1-27-14-6-8-15(9-7-14)28-18-20-17(29-22-18)21-19(24)23-10-11-30(25,26)16-5-3-2-4-13(16)12-23/h2-9H,10-12H2,1H3,(H,20,21,22,24). The zero-order valence-corrected chi connectivity index (χ0v) is 18.4. The van der Waals surface area contributed by atoms with Gasteiger partial charge in [-0.1, -0.05) is 18.2 Å². The number of hydrogen-bond acceptors (Lipinski definition) is 8. The Hall–Kier alpha value is -2.63. The highest BCUT2D eigenvalue weighted by Gasteiger charge is 2.27. The average Bonchev–Trinajstić information content (AvgIpc) is 3.12. The zero-order chi connectivity index (χ0) is 21.1. The van der Waals surface area contributed by atoms with Gasteiger partial charge in [0.1, 0.15) is 5.75 Å². The smallest absolute Gasteiger partial charge is 0.324 e. The quantitative estimate of drug-likeness (QED) is 0.633. The number of hydrogen-bond donors (Lipinski definition) is 1. The molecular weight excluding hydrogens is 444 g/mol. The number of aromatic nitrogens is 2. The summed E-state index contributed by atoms with van der Waals surface area (Å²) in [6.45, 7) is 0.322. The number of benzene rings is 2. The lowest BCUT2D eigenvalue weighted by Gasteiger charge is -2.19. The van der Waals surface area contributed by atoms with Gasteiger partial charge in [-0.2, -0.15) is 9.36 Å². The van der Waals surface area contributed by atoms with E-state index in [1.54, 1.807) is 31.4 Å². The third-order valence-corrected chi connectivity index (χ3v) is 7.88. The van der Waals surface area contributed by atoms with Crippen LogP contribution in [0.15, 0.2) is 63.5 Å². The van der Waals surface area contributed by atoms with Crippen LogP contribution in [0.4, 0.5) is 9.93 Å². The van der Waals surface area contributed by atoms with Gasteiger partial charge in [0.2, 0.25) is 10.3 Å². The summed E-state index contributed by atoms with van der Waals surface area (Å²) in [6.07, 6.45) is 0. The van der Waals surface area contributed by atoms with Crippen molar-refractivity contribution in [3.8, 4) is 5.75 Å². The zero-order valence-electron chi connectivity index (χ0n) is 15.9. The van der Waals surface area contributed by atoms with E-state index in [9.17, 15) is 13.2 Å². The van der Waals surface area contributed by atoms with E-state index in [0.29, 0.717) is 15.9 Å². The van der Waals surface area contributed by atoms with Crippen LogP contribution >= 0.6 is 23.3 Å². The van der Waals surface area contributed by atoms with Crippen LogP contribution in [0.2, 0.25) is 0 Å². The third kappa shape index (κ3) is 4.58. The molecule has 1 aliphatic rings. The van der Waals surface area contributed by atoms with Crippen molar-refractivity contribution in [2.75, 3.05) is 24.7 Å². The Balaban J connectivity index is 1.43. The van der Waals surface area contributed by atoms with Crippen molar-refractivity contribution in [2.45, 2.75) is 21.5 Å². The molecule has 0 saturated carbocycles. The van der Waals surface area contributed by atoms with E-state index in [1.807, 2.05) is 24.3 Å². The lowest BCUT2D eigenvalue weighted by molar-refractivity contribution is 0.212. The minimum atomic E-state index is -3.41. The number of methoxy groups -OCH3 is 1. The normalized spacial score (nSPS) is 15.2. The molecule has 0 saturated heterocycles. The highest BCUT2D eigenvalue weighted by atomic mass is 32.2. The topological polar surface area (TPSA) is 101 Å². The monoisotopic (exact) mass is 462 g/mol. The Kier molecular flexibility index (Phi) is 5.93. The second-order valence-electron chi connectivity index (χ2n) is 6.44. The molecule has 0 spiro atoms. The van der Waals surface area contributed by atoms with Crippen molar-refractivity contribution < 1.29 is 17.9 Å². The molecule has 156 valence electrons. The maximum atomic E-state index is 12.7. The number of urea groups is 1. The molecule has 0 bridgehead atoms. The number of nitrogens with zero attached hydrogens (tertiary/aromatic N) is 3. The lowest BCUT2D eigenvalue weighted by Crippen LogP contribution is -2.36. The van der Waals surface area contributed by atoms with Gasteiger partial charge in [0.05, 0.1) is 17.8 Å². The Morgan fingerprint density at radius 1 is 1.20 bits per heavy atom. The van der Waals surface area contributed by atoms with Gasteiger partial charge in [0, 0.05) is 29.5 Å². The van der Waals surface area contributed by atoms with Gasteiger partial charge in [0.15, 0.2) is 9.84 Å². The first kappa shape index (κ1) is 20.6. The fraction of sp³-hybridized carbons (Fsp3) is 0.211. The molecule has 3 aromatic rings. The number of amides is 2. The highest BCUT2D eigenvalue weighted by Crippen LogP contribution is 2.29. The molecule has 0 unspecified atom stereocenters. The summed E-state index contributed by atoms with van der Waals surface area (Å²) >= 11 is 2.45. The van der Waals surface area contributed by atoms with Crippen molar-refractivity contribution >= 4 is 44.3 Å². The molecule has 0 radical (unpaired) electrons. The van der Waals surface area contributed by atoms with Gasteiger partial charge in [-0.05, 0) is 47.7 Å². The van der Waals surface area contributed by atoms with Gasteiger partial charge in [0.25, 0.3) is 0 Å². The predicted molar refractivity (Wildman–Crippen MR) is 115 cm³/mol. The van der Waals surface area contributed by atoms with Crippen LogP contribution in [0.5, 0.6) is 5.75 Å². The molecule has 0 atom stereocenters. The molecule has 2 aromatic carbocycles. The molecule has 1 aliphatic heterocycles. The van der Waals surface area contributed by atoms with E-state index in [0.717, 1.165) is 22.2 Å². The number of nitrogens with one attached hydrogen (secondary N) is 1. The Morgan fingerprint density at radius 3 is 2.73 bits per heavy atom. The van der Waals surface area contributed by atoms with Crippen molar-refractivity contribution in [1.82, 2.24) is 14.3 Å². The van der Waals surface area contributed by atoms with Gasteiger partial charge >= 0.3 is 6.03 Å². The first-order valence-electron chi connectivity index (χ1n) is 8.97. The van der Waals surface area contributed by atoms with E-state index in [4.69, 9.17) is 4.74 Å². The number of carbonyl (C=O) groups is 1. The summed E-state index contributed by atoms with van der Waals surface area (Å²) in [6, 6.07) is 13.9. The van der Waals surface area contributed by atoms with Crippen LogP contribution in [0.1, 0.15) is 5.56 Å².